The fourth-order valence-corrected chi connectivity index (χ4v) is 1.74. The van der Waals surface area contributed by atoms with E-state index in [4.69, 9.17) is 0 Å². The molecule has 0 nitrogen and oxygen atoms in total. The van der Waals surface area contributed by atoms with Crippen LogP contribution < -0.4 is 0 Å². The summed E-state index contributed by atoms with van der Waals surface area (Å²) in [6, 6.07) is 10.7. The zero-order valence-corrected chi connectivity index (χ0v) is 10.6. The van der Waals surface area contributed by atoms with Gasteiger partial charge in [0.05, 0.1) is 0 Å². The maximum atomic E-state index is 2.29. The molecule has 0 aliphatic rings. The van der Waals surface area contributed by atoms with Gasteiger partial charge in [0, 0.05) is 0 Å². The number of allylic oxidation sites excluding steroid dienone is 2. The Morgan fingerprint density at radius 1 is 1.00 bits per heavy atom. The van der Waals surface area contributed by atoms with Gasteiger partial charge in [0.15, 0.2) is 0 Å². The summed E-state index contributed by atoms with van der Waals surface area (Å²) in [6.07, 6.45) is 1.14. The van der Waals surface area contributed by atoms with Crippen LogP contribution in [0.15, 0.2) is 35.9 Å². The molecule has 0 aromatic heterocycles. The standard InChI is InChI=1S/C15H22/c1-12(2)14(11-15(3,4)5)13-9-7-6-8-10-13/h6-10H,11H2,1-5H3. The molecule has 0 saturated carbocycles. The minimum absolute atomic E-state index is 0.350. The van der Waals surface area contributed by atoms with E-state index in [9.17, 15) is 0 Å². The van der Waals surface area contributed by atoms with Gasteiger partial charge >= 0.3 is 0 Å². The largest absolute Gasteiger partial charge is 0.0726 e. The topological polar surface area (TPSA) is 0 Å². The molecule has 0 amide bonds. The summed E-state index contributed by atoms with van der Waals surface area (Å²) in [5, 5.41) is 0. The molecule has 0 atom stereocenters. The first-order valence-corrected chi connectivity index (χ1v) is 5.62. The Balaban J connectivity index is 3.02. The molecule has 0 radical (unpaired) electrons. The van der Waals surface area contributed by atoms with Crippen molar-refractivity contribution < 1.29 is 0 Å². The minimum Gasteiger partial charge on any atom is -0.0726 e. The van der Waals surface area contributed by atoms with Crippen LogP contribution in [0.2, 0.25) is 0 Å². The van der Waals surface area contributed by atoms with E-state index in [-0.39, 0.29) is 0 Å². The molecule has 82 valence electrons. The van der Waals surface area contributed by atoms with Crippen molar-refractivity contribution in [2.75, 3.05) is 0 Å². The lowest BCUT2D eigenvalue weighted by Crippen LogP contribution is -2.06. The van der Waals surface area contributed by atoms with E-state index < -0.39 is 0 Å². The lowest BCUT2D eigenvalue weighted by Gasteiger charge is -2.22. The molecule has 15 heavy (non-hydrogen) atoms. The van der Waals surface area contributed by atoms with Crippen LogP contribution in [-0.4, -0.2) is 0 Å². The molecule has 0 aliphatic heterocycles. The number of rotatable bonds is 2. The van der Waals surface area contributed by atoms with E-state index >= 15 is 0 Å². The molecule has 0 saturated heterocycles. The monoisotopic (exact) mass is 202 g/mol. The number of hydrogen-bond donors (Lipinski definition) is 0. The fourth-order valence-electron chi connectivity index (χ4n) is 1.74. The van der Waals surface area contributed by atoms with Gasteiger partial charge in [0.25, 0.3) is 0 Å². The highest BCUT2D eigenvalue weighted by Gasteiger charge is 2.15. The van der Waals surface area contributed by atoms with E-state index in [1.54, 1.807) is 0 Å². The summed E-state index contributed by atoms with van der Waals surface area (Å²) in [4.78, 5) is 0. The van der Waals surface area contributed by atoms with Crippen LogP contribution in [0.4, 0.5) is 0 Å². The highest BCUT2D eigenvalue weighted by atomic mass is 14.2. The second-order valence-corrected chi connectivity index (χ2v) is 5.58. The van der Waals surface area contributed by atoms with Crippen molar-refractivity contribution in [3.63, 3.8) is 0 Å². The third kappa shape index (κ3) is 3.91. The van der Waals surface area contributed by atoms with Crippen LogP contribution in [0.1, 0.15) is 46.6 Å². The summed E-state index contributed by atoms with van der Waals surface area (Å²) in [6.45, 7) is 11.3. The molecule has 0 spiro atoms. The van der Waals surface area contributed by atoms with Gasteiger partial charge in [-0.1, -0.05) is 56.7 Å². The van der Waals surface area contributed by atoms with Crippen molar-refractivity contribution in [1.82, 2.24) is 0 Å². The molecule has 1 rings (SSSR count). The van der Waals surface area contributed by atoms with E-state index in [1.807, 2.05) is 0 Å². The Labute approximate surface area is 94.0 Å². The SMILES string of the molecule is CC(C)=C(CC(C)(C)C)c1ccccc1. The lowest BCUT2D eigenvalue weighted by atomic mass is 9.83. The second kappa shape index (κ2) is 4.65. The van der Waals surface area contributed by atoms with Gasteiger partial charge in [0.1, 0.15) is 0 Å². The highest BCUT2D eigenvalue weighted by molar-refractivity contribution is 5.68. The summed E-state index contributed by atoms with van der Waals surface area (Å²) in [5.41, 5.74) is 4.63. The third-order valence-electron chi connectivity index (χ3n) is 2.43. The van der Waals surface area contributed by atoms with Crippen molar-refractivity contribution in [3.8, 4) is 0 Å². The first-order valence-electron chi connectivity index (χ1n) is 5.62. The molecule has 0 unspecified atom stereocenters. The molecule has 0 heterocycles. The molecule has 1 aromatic carbocycles. The fraction of sp³-hybridized carbons (Fsp3) is 0.467. The van der Waals surface area contributed by atoms with Crippen LogP contribution in [0.5, 0.6) is 0 Å². The van der Waals surface area contributed by atoms with Gasteiger partial charge in [-0.3, -0.25) is 0 Å². The Morgan fingerprint density at radius 3 is 1.93 bits per heavy atom. The predicted molar refractivity (Wildman–Crippen MR) is 68.8 cm³/mol. The van der Waals surface area contributed by atoms with Gasteiger partial charge in [-0.05, 0) is 36.8 Å². The molecular weight excluding hydrogens is 180 g/mol. The smallest absolute Gasteiger partial charge is 0.0225 e. The Kier molecular flexibility index (Phi) is 3.73. The van der Waals surface area contributed by atoms with Crippen LogP contribution in [0.25, 0.3) is 5.57 Å². The minimum atomic E-state index is 0.350. The maximum Gasteiger partial charge on any atom is -0.0225 e. The van der Waals surface area contributed by atoms with Crippen molar-refractivity contribution in [2.24, 2.45) is 5.41 Å². The van der Waals surface area contributed by atoms with E-state index in [2.05, 4.69) is 65.0 Å². The van der Waals surface area contributed by atoms with E-state index in [0.29, 0.717) is 5.41 Å². The first-order chi connectivity index (χ1) is 6.90. The molecule has 0 N–H and O–H groups in total. The van der Waals surface area contributed by atoms with Crippen LogP contribution in [0, 0.1) is 5.41 Å². The first kappa shape index (κ1) is 12.0. The summed E-state index contributed by atoms with van der Waals surface area (Å²) < 4.78 is 0. The Bertz CT molecular complexity index is 332. The molecule has 0 aliphatic carbocycles. The second-order valence-electron chi connectivity index (χ2n) is 5.58. The molecule has 0 bridgehead atoms. The summed E-state index contributed by atoms with van der Waals surface area (Å²) in [7, 11) is 0. The van der Waals surface area contributed by atoms with Crippen molar-refractivity contribution in [3.05, 3.63) is 41.5 Å². The number of hydrogen-bond acceptors (Lipinski definition) is 0. The Hall–Kier alpha value is -1.04. The van der Waals surface area contributed by atoms with Gasteiger partial charge < -0.3 is 0 Å². The van der Waals surface area contributed by atoms with Crippen molar-refractivity contribution in [1.29, 1.82) is 0 Å². The molecule has 0 fully saturated rings. The van der Waals surface area contributed by atoms with Gasteiger partial charge in [-0.25, -0.2) is 0 Å². The van der Waals surface area contributed by atoms with Crippen LogP contribution in [0.3, 0.4) is 0 Å². The highest BCUT2D eigenvalue weighted by Crippen LogP contribution is 2.32. The van der Waals surface area contributed by atoms with E-state index in [0.717, 1.165) is 6.42 Å². The third-order valence-corrected chi connectivity index (χ3v) is 2.43. The zero-order valence-electron chi connectivity index (χ0n) is 10.6. The van der Waals surface area contributed by atoms with Crippen LogP contribution in [-0.2, 0) is 0 Å². The van der Waals surface area contributed by atoms with Crippen molar-refractivity contribution in [2.45, 2.75) is 41.0 Å². The maximum absolute atomic E-state index is 2.29. The van der Waals surface area contributed by atoms with E-state index in [1.165, 1.54) is 16.7 Å². The summed E-state index contributed by atoms with van der Waals surface area (Å²) in [5.74, 6) is 0. The average Bonchev–Trinajstić information content (AvgIpc) is 2.14. The summed E-state index contributed by atoms with van der Waals surface area (Å²) >= 11 is 0. The molecule has 0 heteroatoms. The van der Waals surface area contributed by atoms with Gasteiger partial charge in [-0.2, -0.15) is 0 Å². The predicted octanol–water partition coefficient (Wildman–Crippen LogP) is 4.92. The lowest BCUT2D eigenvalue weighted by molar-refractivity contribution is 0.426. The normalized spacial score (nSPS) is 11.3. The molecule has 1 aromatic rings. The van der Waals surface area contributed by atoms with Gasteiger partial charge in [-0.15, -0.1) is 0 Å². The van der Waals surface area contributed by atoms with Crippen LogP contribution >= 0.6 is 0 Å². The van der Waals surface area contributed by atoms with Crippen molar-refractivity contribution >= 4 is 5.57 Å². The quantitative estimate of drug-likeness (QED) is 0.638. The zero-order chi connectivity index (χ0) is 11.5. The average molecular weight is 202 g/mol. The molecular formula is C15H22. The number of benzene rings is 1. The van der Waals surface area contributed by atoms with Gasteiger partial charge in [0.2, 0.25) is 0 Å². The Morgan fingerprint density at radius 2 is 1.53 bits per heavy atom.